The van der Waals surface area contributed by atoms with Crippen LogP contribution in [0.5, 0.6) is 0 Å². The van der Waals surface area contributed by atoms with E-state index in [0.717, 1.165) is 29.6 Å². The highest BCUT2D eigenvalue weighted by molar-refractivity contribution is 6.10. The van der Waals surface area contributed by atoms with Crippen molar-refractivity contribution >= 4 is 34.5 Å². The molecule has 1 saturated heterocycles. The fourth-order valence-electron chi connectivity index (χ4n) is 5.28. The number of hydrogen-bond acceptors (Lipinski definition) is 3. The molecule has 3 aromatic rings. The number of fused-ring (bicyclic) bond motifs is 1. The van der Waals surface area contributed by atoms with Crippen LogP contribution in [0.25, 0.3) is 17.0 Å². The van der Waals surface area contributed by atoms with Crippen LogP contribution in [0.1, 0.15) is 28.5 Å². The number of aromatic nitrogens is 1. The lowest BCUT2D eigenvalue weighted by Crippen LogP contribution is -2.30. The second-order valence-corrected chi connectivity index (χ2v) is 7.85. The predicted octanol–water partition coefficient (Wildman–Crippen LogP) is 3.15. The Balaban J connectivity index is 1.49. The minimum atomic E-state index is -0.473. The van der Waals surface area contributed by atoms with Crippen molar-refractivity contribution < 1.29 is 9.59 Å². The van der Waals surface area contributed by atoms with Gasteiger partial charge in [0.15, 0.2) is 0 Å². The van der Waals surface area contributed by atoms with E-state index in [0.29, 0.717) is 0 Å². The highest BCUT2D eigenvalue weighted by Crippen LogP contribution is 2.49. The Morgan fingerprint density at radius 1 is 0.964 bits per heavy atom. The number of carbonyl (C=O) groups is 2. The third kappa shape index (κ3) is 2.01. The summed E-state index contributed by atoms with van der Waals surface area (Å²) in [5.41, 5.74) is 5.50. The molecule has 1 unspecified atom stereocenters. The Kier molecular flexibility index (Phi) is 3.13. The van der Waals surface area contributed by atoms with Gasteiger partial charge in [0, 0.05) is 41.8 Å². The van der Waals surface area contributed by atoms with Crippen molar-refractivity contribution in [1.29, 1.82) is 0 Å². The van der Waals surface area contributed by atoms with Gasteiger partial charge in [-0.15, -0.1) is 0 Å². The zero-order valence-electron chi connectivity index (χ0n) is 15.2. The van der Waals surface area contributed by atoms with Crippen LogP contribution in [0.3, 0.4) is 0 Å². The maximum Gasteiger partial charge on any atom is 0.235 e. The molecule has 5 nitrogen and oxygen atoms in total. The molecule has 6 rings (SSSR count). The zero-order valence-corrected chi connectivity index (χ0v) is 15.2. The van der Waals surface area contributed by atoms with E-state index in [1.807, 2.05) is 30.5 Å². The summed E-state index contributed by atoms with van der Waals surface area (Å²) >= 11 is 0. The van der Waals surface area contributed by atoms with E-state index in [4.69, 9.17) is 0 Å². The molecule has 28 heavy (non-hydrogen) atoms. The molecule has 0 radical (unpaired) electrons. The molecule has 4 heterocycles. The van der Waals surface area contributed by atoms with Crippen LogP contribution in [-0.2, 0) is 9.59 Å². The van der Waals surface area contributed by atoms with Crippen LogP contribution in [0.2, 0.25) is 0 Å². The normalized spacial score (nSPS) is 25.4. The molecule has 0 aliphatic carbocycles. The number of imide groups is 1. The minimum absolute atomic E-state index is 0.0000350. The van der Waals surface area contributed by atoms with Crippen molar-refractivity contribution in [3.05, 3.63) is 71.4 Å². The fourth-order valence-corrected chi connectivity index (χ4v) is 5.28. The number of para-hydroxylation sites is 2. The average molecular weight is 369 g/mol. The van der Waals surface area contributed by atoms with E-state index in [-0.39, 0.29) is 17.7 Å². The van der Waals surface area contributed by atoms with Gasteiger partial charge in [-0.2, -0.15) is 0 Å². The summed E-state index contributed by atoms with van der Waals surface area (Å²) in [5.74, 6) is -1.22. The molecule has 0 saturated carbocycles. The fraction of sp³-hybridized carbons (Fsp3) is 0.217. The first kappa shape index (κ1) is 15.7. The number of amides is 2. The van der Waals surface area contributed by atoms with Crippen LogP contribution in [0.4, 0.5) is 5.69 Å². The number of hydrogen-bond donors (Lipinski definition) is 2. The summed E-state index contributed by atoms with van der Waals surface area (Å²) in [7, 11) is 0. The number of benzene rings is 2. The topological polar surface area (TPSA) is 65.2 Å². The van der Waals surface area contributed by atoms with Crippen molar-refractivity contribution in [2.45, 2.75) is 11.8 Å². The molecule has 2 aromatic carbocycles. The average Bonchev–Trinajstić information content (AvgIpc) is 3.37. The molecule has 2 N–H and O–H groups in total. The second-order valence-electron chi connectivity index (χ2n) is 7.85. The van der Waals surface area contributed by atoms with Gasteiger partial charge < -0.3 is 9.88 Å². The number of nitrogens with one attached hydrogen (secondary N) is 2. The number of H-pyrrole nitrogens is 1. The van der Waals surface area contributed by atoms with Gasteiger partial charge in [-0.25, -0.2) is 0 Å². The molecule has 0 bridgehead atoms. The number of nitrogens with zero attached hydrogens (tertiary/aromatic N) is 1. The van der Waals surface area contributed by atoms with Gasteiger partial charge in [0.05, 0.1) is 11.8 Å². The van der Waals surface area contributed by atoms with Crippen LogP contribution in [0, 0.1) is 5.92 Å². The number of anilines is 1. The van der Waals surface area contributed by atoms with E-state index in [9.17, 15) is 9.59 Å². The molecule has 3 aliphatic rings. The highest BCUT2D eigenvalue weighted by atomic mass is 16.2. The molecular weight excluding hydrogens is 350 g/mol. The van der Waals surface area contributed by atoms with E-state index < -0.39 is 11.8 Å². The Morgan fingerprint density at radius 3 is 2.79 bits per heavy atom. The summed E-state index contributed by atoms with van der Waals surface area (Å²) in [5, 5.41) is 3.63. The quantitative estimate of drug-likeness (QED) is 0.682. The van der Waals surface area contributed by atoms with Gasteiger partial charge in [0.2, 0.25) is 11.8 Å². The SMILES string of the molecule is O=C1NC(=O)[C@@H](C2CN3CC=Cc4cccc2c43)[C@@H]1c1c[nH]c2ccccc12. The monoisotopic (exact) mass is 369 g/mol. The van der Waals surface area contributed by atoms with Gasteiger partial charge in [0.25, 0.3) is 0 Å². The Morgan fingerprint density at radius 2 is 1.86 bits per heavy atom. The molecular formula is C23H19N3O2. The minimum Gasteiger partial charge on any atom is -0.366 e. The van der Waals surface area contributed by atoms with Crippen molar-refractivity contribution in [2.75, 3.05) is 18.0 Å². The molecule has 3 atom stereocenters. The second kappa shape index (κ2) is 5.58. The van der Waals surface area contributed by atoms with Crippen molar-refractivity contribution in [2.24, 2.45) is 5.92 Å². The van der Waals surface area contributed by atoms with Crippen LogP contribution in [-0.4, -0.2) is 29.9 Å². The van der Waals surface area contributed by atoms with E-state index >= 15 is 0 Å². The van der Waals surface area contributed by atoms with Gasteiger partial charge in [0.1, 0.15) is 0 Å². The number of aromatic amines is 1. The molecule has 3 aliphatic heterocycles. The first-order valence-corrected chi connectivity index (χ1v) is 9.67. The maximum atomic E-state index is 12.9. The van der Waals surface area contributed by atoms with Gasteiger partial charge in [-0.05, 0) is 22.8 Å². The Hall–Kier alpha value is -3.34. The molecule has 1 aromatic heterocycles. The standard InChI is InChI=1S/C23H19N3O2/c27-22-19(16-11-24-18-9-2-1-7-14(16)18)20(23(28)25-22)17-12-26-10-4-6-13-5-3-8-15(17)21(13)26/h1-9,11,17,19-20,24H,10,12H2,(H,25,27,28)/t17?,19-,20-/m0/s1. The van der Waals surface area contributed by atoms with Gasteiger partial charge in [-0.1, -0.05) is 48.6 Å². The number of rotatable bonds is 2. The first-order valence-electron chi connectivity index (χ1n) is 9.67. The molecule has 138 valence electrons. The highest BCUT2D eigenvalue weighted by Gasteiger charge is 2.50. The molecule has 2 amide bonds. The predicted molar refractivity (Wildman–Crippen MR) is 108 cm³/mol. The third-order valence-corrected chi connectivity index (χ3v) is 6.43. The van der Waals surface area contributed by atoms with Crippen molar-refractivity contribution in [3.63, 3.8) is 0 Å². The van der Waals surface area contributed by atoms with Gasteiger partial charge in [-0.3, -0.25) is 14.9 Å². The largest absolute Gasteiger partial charge is 0.366 e. The summed E-state index contributed by atoms with van der Waals surface area (Å²) in [6.07, 6.45) is 6.20. The smallest absolute Gasteiger partial charge is 0.235 e. The Bertz CT molecular complexity index is 1180. The molecule has 5 heteroatoms. The van der Waals surface area contributed by atoms with Crippen LogP contribution in [0.15, 0.2) is 54.7 Å². The molecule has 0 spiro atoms. The lowest BCUT2D eigenvalue weighted by atomic mass is 9.77. The lowest BCUT2D eigenvalue weighted by molar-refractivity contribution is -0.126. The third-order valence-electron chi connectivity index (χ3n) is 6.43. The summed E-state index contributed by atoms with van der Waals surface area (Å²) in [4.78, 5) is 31.4. The summed E-state index contributed by atoms with van der Waals surface area (Å²) in [6.45, 7) is 1.61. The van der Waals surface area contributed by atoms with Crippen LogP contribution < -0.4 is 10.2 Å². The lowest BCUT2D eigenvalue weighted by Gasteiger charge is -2.24. The molecule has 1 fully saturated rings. The first-order chi connectivity index (χ1) is 13.7. The van der Waals surface area contributed by atoms with Crippen molar-refractivity contribution in [1.82, 2.24) is 10.3 Å². The van der Waals surface area contributed by atoms with Crippen molar-refractivity contribution in [3.8, 4) is 0 Å². The summed E-state index contributed by atoms with van der Waals surface area (Å²) in [6, 6.07) is 14.2. The Labute approximate surface area is 162 Å². The van der Waals surface area contributed by atoms with E-state index in [1.54, 1.807) is 0 Å². The summed E-state index contributed by atoms with van der Waals surface area (Å²) < 4.78 is 0. The van der Waals surface area contributed by atoms with E-state index in [2.05, 4.69) is 45.6 Å². The maximum absolute atomic E-state index is 12.9. The van der Waals surface area contributed by atoms with Gasteiger partial charge >= 0.3 is 0 Å². The zero-order chi connectivity index (χ0) is 18.8. The van der Waals surface area contributed by atoms with Crippen LogP contribution >= 0.6 is 0 Å². The number of carbonyl (C=O) groups excluding carboxylic acids is 2. The van der Waals surface area contributed by atoms with E-state index in [1.165, 1.54) is 16.8 Å².